The van der Waals surface area contributed by atoms with Gasteiger partial charge in [-0.25, -0.2) is 0 Å². The number of allylic oxidation sites excluding steroid dienone is 1. The maximum absolute atomic E-state index is 6.74. The Kier molecular flexibility index (Phi) is 6.08. The third-order valence-electron chi connectivity index (χ3n) is 10.8. The lowest BCUT2D eigenvalue weighted by Crippen LogP contribution is -2.12. The molecule has 1 atom stereocenters. The average Bonchev–Trinajstić information content (AvgIpc) is 3.86. The fourth-order valence-electron chi connectivity index (χ4n) is 8.55. The quantitative estimate of drug-likeness (QED) is 0.186. The van der Waals surface area contributed by atoms with E-state index in [4.69, 9.17) is 4.42 Å². The fraction of sp³-hybridized carbons (Fsp3) is 0.0417. The van der Waals surface area contributed by atoms with Gasteiger partial charge in [0.2, 0.25) is 0 Å². The molecular weight excluding hydrogens is 621 g/mol. The van der Waals surface area contributed by atoms with Crippen molar-refractivity contribution in [2.45, 2.75) is 12.5 Å². The van der Waals surface area contributed by atoms with Gasteiger partial charge in [-0.05, 0) is 89.3 Å². The van der Waals surface area contributed by atoms with Crippen LogP contribution in [0.3, 0.4) is 0 Å². The fourth-order valence-corrected chi connectivity index (χ4v) is 8.55. The molecule has 0 spiro atoms. The van der Waals surface area contributed by atoms with Crippen LogP contribution in [0.5, 0.6) is 0 Å². The highest BCUT2D eigenvalue weighted by atomic mass is 16.3. The Morgan fingerprint density at radius 2 is 1.02 bits per heavy atom. The molecular formula is C48H32N2O. The van der Waals surface area contributed by atoms with Gasteiger partial charge in [0.25, 0.3) is 0 Å². The smallest absolute Gasteiger partial charge is 0.135 e. The number of furan rings is 1. The Morgan fingerprint density at radius 3 is 1.75 bits per heavy atom. The first-order valence-electron chi connectivity index (χ1n) is 17.7. The van der Waals surface area contributed by atoms with E-state index in [1.807, 2.05) is 0 Å². The van der Waals surface area contributed by atoms with Crippen molar-refractivity contribution >= 4 is 60.7 Å². The topological polar surface area (TPSA) is 23.0 Å². The standard InChI is InChI=1S/C48H32N2O/c1-2-14-35(15-3-1)49-42-20-7-6-18-38(42)40-29-33(24-26-45(40)49)31-12-10-13-32(28-31)34-25-27-47-41(30-34)39-19-11-23-46(48(39)51-47)50-43-21-8-4-16-36(43)37-17-5-9-22-44(37)50/h1-22,24-30,46H,23H2. The molecule has 0 radical (unpaired) electrons. The van der Waals surface area contributed by atoms with E-state index in [0.717, 1.165) is 23.2 Å². The molecule has 1 unspecified atom stereocenters. The highest BCUT2D eigenvalue weighted by molar-refractivity contribution is 6.11. The van der Waals surface area contributed by atoms with Crippen LogP contribution in [0.15, 0.2) is 174 Å². The van der Waals surface area contributed by atoms with E-state index < -0.39 is 0 Å². The lowest BCUT2D eigenvalue weighted by atomic mass is 9.94. The van der Waals surface area contributed by atoms with Crippen LogP contribution in [0.2, 0.25) is 0 Å². The van der Waals surface area contributed by atoms with Crippen LogP contribution < -0.4 is 0 Å². The molecule has 0 fully saturated rings. The van der Waals surface area contributed by atoms with Crippen molar-refractivity contribution in [3.8, 4) is 27.9 Å². The van der Waals surface area contributed by atoms with E-state index in [1.165, 1.54) is 77.1 Å². The molecule has 3 nitrogen and oxygen atoms in total. The number of hydrogen-bond donors (Lipinski definition) is 0. The summed E-state index contributed by atoms with van der Waals surface area (Å²) in [4.78, 5) is 0. The molecule has 0 aliphatic heterocycles. The Morgan fingerprint density at radius 1 is 0.451 bits per heavy atom. The summed E-state index contributed by atoms with van der Waals surface area (Å²) in [6.45, 7) is 0. The van der Waals surface area contributed by atoms with Crippen molar-refractivity contribution in [3.05, 3.63) is 181 Å². The maximum Gasteiger partial charge on any atom is 0.135 e. The van der Waals surface area contributed by atoms with Crippen molar-refractivity contribution in [3.63, 3.8) is 0 Å². The van der Waals surface area contributed by atoms with E-state index in [2.05, 4.69) is 185 Å². The van der Waals surface area contributed by atoms with Gasteiger partial charge < -0.3 is 13.6 Å². The molecule has 0 bridgehead atoms. The molecule has 3 heterocycles. The summed E-state index contributed by atoms with van der Waals surface area (Å²) in [7, 11) is 0. The predicted octanol–water partition coefficient (Wildman–Crippen LogP) is 13.0. The maximum atomic E-state index is 6.74. The summed E-state index contributed by atoms with van der Waals surface area (Å²) in [5.74, 6) is 1.04. The van der Waals surface area contributed by atoms with Crippen molar-refractivity contribution in [1.82, 2.24) is 9.13 Å². The van der Waals surface area contributed by atoms with Gasteiger partial charge in [0.1, 0.15) is 11.3 Å². The number of nitrogens with zero attached hydrogens (tertiary/aromatic N) is 2. The number of para-hydroxylation sites is 4. The number of fused-ring (bicyclic) bond motifs is 9. The van der Waals surface area contributed by atoms with Crippen LogP contribution >= 0.6 is 0 Å². The van der Waals surface area contributed by atoms with Crippen LogP contribution in [0, 0.1) is 0 Å². The molecule has 3 aromatic heterocycles. The Bertz CT molecular complexity index is 2950. The monoisotopic (exact) mass is 652 g/mol. The van der Waals surface area contributed by atoms with Crippen LogP contribution in [0.1, 0.15) is 23.8 Å². The number of rotatable bonds is 4. The van der Waals surface area contributed by atoms with Crippen LogP contribution in [0.4, 0.5) is 0 Å². The first kappa shape index (κ1) is 28.3. The van der Waals surface area contributed by atoms with Gasteiger partial charge in [0.15, 0.2) is 0 Å². The molecule has 11 rings (SSSR count). The van der Waals surface area contributed by atoms with E-state index in [0.29, 0.717) is 0 Å². The third-order valence-corrected chi connectivity index (χ3v) is 10.8. The second-order valence-electron chi connectivity index (χ2n) is 13.6. The van der Waals surface area contributed by atoms with Crippen molar-refractivity contribution < 1.29 is 4.42 Å². The normalized spacial score (nSPS) is 14.3. The minimum Gasteiger partial charge on any atom is -0.458 e. The zero-order valence-electron chi connectivity index (χ0n) is 27.8. The second-order valence-corrected chi connectivity index (χ2v) is 13.6. The molecule has 0 saturated carbocycles. The molecule has 10 aromatic rings. The summed E-state index contributed by atoms with van der Waals surface area (Å²) in [5, 5.41) is 6.24. The SMILES string of the molecule is C1=Cc2c(oc3ccc(-c4cccc(-c5ccc6c(c5)c5ccccc5n6-c5ccccc5)c4)cc23)C(n2c3ccccc3c3ccccc32)C1. The molecule has 3 heteroatoms. The lowest BCUT2D eigenvalue weighted by Gasteiger charge is -2.21. The molecule has 0 amide bonds. The van der Waals surface area contributed by atoms with Gasteiger partial charge in [-0.1, -0.05) is 115 Å². The van der Waals surface area contributed by atoms with Gasteiger partial charge in [0, 0.05) is 49.2 Å². The highest BCUT2D eigenvalue weighted by Gasteiger charge is 2.28. The van der Waals surface area contributed by atoms with E-state index in [1.54, 1.807) is 0 Å². The summed E-state index contributed by atoms with van der Waals surface area (Å²) >= 11 is 0. The van der Waals surface area contributed by atoms with Crippen LogP contribution in [0.25, 0.3) is 88.6 Å². The molecule has 1 aliphatic rings. The number of hydrogen-bond acceptors (Lipinski definition) is 1. The van der Waals surface area contributed by atoms with Crippen molar-refractivity contribution in [1.29, 1.82) is 0 Å². The van der Waals surface area contributed by atoms with Crippen molar-refractivity contribution in [2.24, 2.45) is 0 Å². The number of aromatic nitrogens is 2. The van der Waals surface area contributed by atoms with Crippen LogP contribution in [-0.4, -0.2) is 9.13 Å². The zero-order chi connectivity index (χ0) is 33.5. The zero-order valence-corrected chi connectivity index (χ0v) is 27.8. The van der Waals surface area contributed by atoms with Crippen molar-refractivity contribution in [2.75, 3.05) is 0 Å². The minimum atomic E-state index is 0.0803. The van der Waals surface area contributed by atoms with E-state index in [9.17, 15) is 0 Å². The predicted molar refractivity (Wildman–Crippen MR) is 213 cm³/mol. The Hall–Kier alpha value is -6.58. The summed E-state index contributed by atoms with van der Waals surface area (Å²) in [6.07, 6.45) is 5.45. The van der Waals surface area contributed by atoms with Gasteiger partial charge in [-0.15, -0.1) is 0 Å². The summed E-state index contributed by atoms with van der Waals surface area (Å²) in [6, 6.07) is 59.4. The third kappa shape index (κ3) is 4.25. The van der Waals surface area contributed by atoms with Gasteiger partial charge in [-0.2, -0.15) is 0 Å². The molecule has 0 N–H and O–H groups in total. The van der Waals surface area contributed by atoms with Gasteiger partial charge in [-0.3, -0.25) is 0 Å². The van der Waals surface area contributed by atoms with Crippen LogP contribution in [-0.2, 0) is 0 Å². The molecule has 240 valence electrons. The molecule has 1 aliphatic carbocycles. The Balaban J connectivity index is 1.01. The summed E-state index contributed by atoms with van der Waals surface area (Å²) in [5.41, 5.74) is 13.0. The van der Waals surface area contributed by atoms with Gasteiger partial charge in [0.05, 0.1) is 17.1 Å². The number of benzene rings is 7. The van der Waals surface area contributed by atoms with Gasteiger partial charge >= 0.3 is 0 Å². The largest absolute Gasteiger partial charge is 0.458 e. The average molecular weight is 653 g/mol. The highest BCUT2D eigenvalue weighted by Crippen LogP contribution is 2.43. The first-order chi connectivity index (χ1) is 25.3. The first-order valence-corrected chi connectivity index (χ1v) is 17.7. The molecule has 7 aromatic carbocycles. The van der Waals surface area contributed by atoms with E-state index >= 15 is 0 Å². The van der Waals surface area contributed by atoms with E-state index in [-0.39, 0.29) is 6.04 Å². The summed E-state index contributed by atoms with van der Waals surface area (Å²) < 4.78 is 11.6. The second kappa shape index (κ2) is 11.0. The lowest BCUT2D eigenvalue weighted by molar-refractivity contribution is 0.461. The Labute approximate surface area is 294 Å². The molecule has 0 saturated heterocycles. The minimum absolute atomic E-state index is 0.0803. The molecule has 51 heavy (non-hydrogen) atoms.